The fraction of sp³-hybridized carbons (Fsp3) is 0.417. The van der Waals surface area contributed by atoms with Crippen LogP contribution in [0.3, 0.4) is 0 Å². The number of aromatic nitrogens is 4. The molecule has 2 aromatic rings. The van der Waals surface area contributed by atoms with Crippen molar-refractivity contribution in [1.82, 2.24) is 20.2 Å². The molecule has 0 fully saturated rings. The molecule has 1 aromatic heterocycles. The van der Waals surface area contributed by atoms with E-state index in [0.717, 1.165) is 5.56 Å². The van der Waals surface area contributed by atoms with E-state index in [1.54, 1.807) is 19.2 Å². The molecule has 0 aliphatic carbocycles. The Hall–Kier alpha value is -1.20. The van der Waals surface area contributed by atoms with Crippen LogP contribution in [0.15, 0.2) is 24.3 Å². The van der Waals surface area contributed by atoms with Crippen molar-refractivity contribution in [3.05, 3.63) is 41.5 Å². The lowest BCUT2D eigenvalue weighted by molar-refractivity contribution is 0.515. The Morgan fingerprint density at radius 2 is 1.84 bits per heavy atom. The van der Waals surface area contributed by atoms with Gasteiger partial charge in [0.2, 0.25) is 0 Å². The Bertz CT molecular complexity index is 537. The van der Waals surface area contributed by atoms with E-state index >= 15 is 0 Å². The zero-order valence-electron chi connectivity index (χ0n) is 10.4. The summed E-state index contributed by atoms with van der Waals surface area (Å²) in [5.41, 5.74) is 0.339. The highest BCUT2D eigenvalue weighted by molar-refractivity contribution is 6.22. The van der Waals surface area contributed by atoms with Crippen molar-refractivity contribution >= 4 is 23.2 Å². The number of halogens is 3. The third-order valence-corrected chi connectivity index (χ3v) is 4.04. The van der Waals surface area contributed by atoms with Crippen molar-refractivity contribution in [3.63, 3.8) is 0 Å². The quantitative estimate of drug-likeness (QED) is 0.796. The predicted octanol–water partition coefficient (Wildman–Crippen LogP) is 2.31. The van der Waals surface area contributed by atoms with E-state index in [1.807, 2.05) is 0 Å². The van der Waals surface area contributed by atoms with Crippen molar-refractivity contribution in [2.45, 2.75) is 11.8 Å². The van der Waals surface area contributed by atoms with Gasteiger partial charge in [0.05, 0.1) is 7.05 Å². The summed E-state index contributed by atoms with van der Waals surface area (Å²) in [5, 5.41) is 11.9. The van der Waals surface area contributed by atoms with Crippen LogP contribution < -0.4 is 0 Å². The number of alkyl halides is 2. The van der Waals surface area contributed by atoms with Crippen LogP contribution in [0.1, 0.15) is 11.4 Å². The fourth-order valence-electron chi connectivity index (χ4n) is 1.89. The van der Waals surface area contributed by atoms with Crippen LogP contribution >= 0.6 is 23.2 Å². The summed E-state index contributed by atoms with van der Waals surface area (Å²) in [5.74, 6) is 0.855. The van der Waals surface area contributed by atoms with Crippen LogP contribution in [-0.2, 0) is 18.9 Å². The normalized spacial score (nSPS) is 11.8. The van der Waals surface area contributed by atoms with Gasteiger partial charge in [-0.2, -0.15) is 4.80 Å². The van der Waals surface area contributed by atoms with Crippen LogP contribution in [-0.4, -0.2) is 32.0 Å². The largest absolute Gasteiger partial charge is 0.207 e. The lowest BCUT2D eigenvalue weighted by atomic mass is 9.81. The number of benzene rings is 1. The van der Waals surface area contributed by atoms with E-state index in [9.17, 15) is 4.39 Å². The molecule has 0 saturated carbocycles. The lowest BCUT2D eigenvalue weighted by Crippen LogP contribution is -2.33. The summed E-state index contributed by atoms with van der Waals surface area (Å²) >= 11 is 12.2. The Kier molecular flexibility index (Phi) is 4.37. The van der Waals surface area contributed by atoms with Gasteiger partial charge in [0.25, 0.3) is 0 Å². The number of tetrazole rings is 1. The van der Waals surface area contributed by atoms with Gasteiger partial charge in [0.15, 0.2) is 5.82 Å². The molecule has 0 radical (unpaired) electrons. The molecule has 102 valence electrons. The predicted molar refractivity (Wildman–Crippen MR) is 72.0 cm³/mol. The maximum atomic E-state index is 13.0. The highest BCUT2D eigenvalue weighted by atomic mass is 35.5. The molecular weight excluding hydrogens is 290 g/mol. The van der Waals surface area contributed by atoms with E-state index in [0.29, 0.717) is 24.0 Å². The summed E-state index contributed by atoms with van der Waals surface area (Å²) in [6.45, 7) is 0. The Labute approximate surface area is 120 Å². The first-order valence-corrected chi connectivity index (χ1v) is 6.77. The highest BCUT2D eigenvalue weighted by Gasteiger charge is 2.32. The van der Waals surface area contributed by atoms with Gasteiger partial charge in [-0.1, -0.05) is 12.1 Å². The third kappa shape index (κ3) is 3.04. The zero-order valence-corrected chi connectivity index (χ0v) is 11.9. The van der Waals surface area contributed by atoms with Crippen molar-refractivity contribution in [3.8, 4) is 0 Å². The summed E-state index contributed by atoms with van der Waals surface area (Å²) < 4.78 is 13.0. The van der Waals surface area contributed by atoms with Crippen LogP contribution in [0.5, 0.6) is 0 Å². The molecule has 7 heteroatoms. The smallest absolute Gasteiger partial charge is 0.175 e. The first-order valence-electron chi connectivity index (χ1n) is 5.70. The topological polar surface area (TPSA) is 43.6 Å². The van der Waals surface area contributed by atoms with Gasteiger partial charge in [-0.05, 0) is 22.9 Å². The van der Waals surface area contributed by atoms with Gasteiger partial charge < -0.3 is 0 Å². The number of rotatable bonds is 5. The van der Waals surface area contributed by atoms with E-state index in [2.05, 4.69) is 15.4 Å². The molecule has 0 atom stereocenters. The van der Waals surface area contributed by atoms with Gasteiger partial charge in [0, 0.05) is 23.6 Å². The van der Waals surface area contributed by atoms with Gasteiger partial charge in [-0.25, -0.2) is 4.39 Å². The summed E-state index contributed by atoms with van der Waals surface area (Å²) in [6, 6.07) is 6.17. The van der Waals surface area contributed by atoms with Crippen molar-refractivity contribution < 1.29 is 4.39 Å². The average molecular weight is 303 g/mol. The second-order valence-electron chi connectivity index (χ2n) is 4.43. The van der Waals surface area contributed by atoms with E-state index in [4.69, 9.17) is 23.2 Å². The molecule has 1 heterocycles. The lowest BCUT2D eigenvalue weighted by Gasteiger charge is -2.28. The fourth-order valence-corrected chi connectivity index (χ4v) is 2.67. The maximum Gasteiger partial charge on any atom is 0.175 e. The van der Waals surface area contributed by atoms with Crippen LogP contribution in [0.4, 0.5) is 4.39 Å². The summed E-state index contributed by atoms with van der Waals surface area (Å²) in [6.07, 6.45) is 0.458. The Morgan fingerprint density at radius 1 is 1.21 bits per heavy atom. The molecule has 19 heavy (non-hydrogen) atoms. The minimum absolute atomic E-state index is 0.292. The minimum Gasteiger partial charge on any atom is -0.207 e. The molecule has 0 aliphatic heterocycles. The van der Waals surface area contributed by atoms with Crippen LogP contribution in [0.25, 0.3) is 0 Å². The average Bonchev–Trinajstić information content (AvgIpc) is 2.82. The first kappa shape index (κ1) is 14.2. The summed E-state index contributed by atoms with van der Waals surface area (Å²) in [7, 11) is 1.69. The molecule has 0 saturated heterocycles. The van der Waals surface area contributed by atoms with Crippen LogP contribution in [0.2, 0.25) is 0 Å². The highest BCUT2D eigenvalue weighted by Crippen LogP contribution is 2.30. The van der Waals surface area contributed by atoms with Crippen molar-refractivity contribution in [2.24, 2.45) is 7.05 Å². The monoisotopic (exact) mass is 302 g/mol. The molecule has 1 aromatic carbocycles. The number of nitrogens with zero attached hydrogens (tertiary/aromatic N) is 4. The minimum atomic E-state index is -0.528. The van der Waals surface area contributed by atoms with Crippen molar-refractivity contribution in [1.29, 1.82) is 0 Å². The molecule has 0 N–H and O–H groups in total. The van der Waals surface area contributed by atoms with E-state index in [-0.39, 0.29) is 5.82 Å². The molecule has 2 rings (SSSR count). The zero-order chi connectivity index (χ0) is 13.9. The Morgan fingerprint density at radius 3 is 2.32 bits per heavy atom. The van der Waals surface area contributed by atoms with Gasteiger partial charge in [0.1, 0.15) is 5.82 Å². The van der Waals surface area contributed by atoms with Crippen LogP contribution in [0, 0.1) is 5.82 Å². The number of hydrogen-bond acceptors (Lipinski definition) is 3. The molecule has 0 unspecified atom stereocenters. The van der Waals surface area contributed by atoms with Gasteiger partial charge >= 0.3 is 0 Å². The first-order chi connectivity index (χ1) is 9.09. The van der Waals surface area contributed by atoms with Gasteiger partial charge in [-0.15, -0.1) is 33.4 Å². The molecule has 0 bridgehead atoms. The van der Waals surface area contributed by atoms with E-state index < -0.39 is 5.41 Å². The second-order valence-corrected chi connectivity index (χ2v) is 4.96. The molecule has 0 aliphatic rings. The van der Waals surface area contributed by atoms with E-state index in [1.165, 1.54) is 16.9 Å². The SMILES string of the molecule is Cn1nnc(CC(CCl)(CCl)c2ccc(F)cc2)n1. The van der Waals surface area contributed by atoms with Crippen molar-refractivity contribution in [2.75, 3.05) is 11.8 Å². The summed E-state index contributed by atoms with van der Waals surface area (Å²) in [4.78, 5) is 1.38. The van der Waals surface area contributed by atoms with Gasteiger partial charge in [-0.3, -0.25) is 0 Å². The molecule has 0 amide bonds. The number of aryl methyl sites for hydroxylation is 1. The number of hydrogen-bond donors (Lipinski definition) is 0. The Balaban J connectivity index is 2.33. The maximum absolute atomic E-state index is 13.0. The second kappa shape index (κ2) is 5.84. The molecular formula is C12H13Cl2FN4. The molecule has 4 nitrogen and oxygen atoms in total. The third-order valence-electron chi connectivity index (χ3n) is 3.01. The molecule has 0 spiro atoms. The standard InChI is InChI=1S/C12H13Cl2FN4/c1-19-17-11(16-18-19)6-12(7-13,8-14)9-2-4-10(15)5-3-9/h2-5H,6-8H2,1H3.